The summed E-state index contributed by atoms with van der Waals surface area (Å²) in [4.78, 5) is 14.1. The van der Waals surface area contributed by atoms with E-state index in [0.29, 0.717) is 6.04 Å². The summed E-state index contributed by atoms with van der Waals surface area (Å²) in [5, 5.41) is 3.20. The fourth-order valence-corrected chi connectivity index (χ4v) is 2.61. The minimum absolute atomic E-state index is 0.0387. The standard InChI is InChI=1S/C13H22N2O/c1-15-10-6-9-12(15)13(16)14-11-7-4-2-3-5-8-11/h6,9,11-12H,2-5,7-8,10H2,1H3,(H,14,16)/t12-/m0/s1. The molecule has 1 saturated carbocycles. The normalized spacial score (nSPS) is 27.9. The van der Waals surface area contributed by atoms with Gasteiger partial charge in [0, 0.05) is 12.6 Å². The first kappa shape index (κ1) is 11.6. The second-order valence-corrected chi connectivity index (χ2v) is 5.01. The molecule has 0 saturated heterocycles. The van der Waals surface area contributed by atoms with Crippen molar-refractivity contribution in [2.75, 3.05) is 13.6 Å². The summed E-state index contributed by atoms with van der Waals surface area (Å²) in [5.41, 5.74) is 0. The van der Waals surface area contributed by atoms with Crippen LogP contribution >= 0.6 is 0 Å². The number of amides is 1. The van der Waals surface area contributed by atoms with E-state index in [1.165, 1.54) is 25.7 Å². The van der Waals surface area contributed by atoms with E-state index in [-0.39, 0.29) is 11.9 Å². The molecule has 0 radical (unpaired) electrons. The highest BCUT2D eigenvalue weighted by Crippen LogP contribution is 2.18. The predicted octanol–water partition coefficient (Wildman–Crippen LogP) is 1.70. The Labute approximate surface area is 97.9 Å². The van der Waals surface area contributed by atoms with E-state index >= 15 is 0 Å². The Morgan fingerprint density at radius 3 is 2.50 bits per heavy atom. The van der Waals surface area contributed by atoms with Crippen LogP contribution in [0.15, 0.2) is 12.2 Å². The minimum Gasteiger partial charge on any atom is -0.352 e. The summed E-state index contributed by atoms with van der Waals surface area (Å²) in [7, 11) is 2.00. The zero-order chi connectivity index (χ0) is 11.4. The van der Waals surface area contributed by atoms with Gasteiger partial charge in [-0.2, -0.15) is 0 Å². The van der Waals surface area contributed by atoms with E-state index in [0.717, 1.165) is 19.4 Å². The lowest BCUT2D eigenvalue weighted by Gasteiger charge is -2.22. The van der Waals surface area contributed by atoms with E-state index < -0.39 is 0 Å². The van der Waals surface area contributed by atoms with Crippen molar-refractivity contribution in [3.63, 3.8) is 0 Å². The minimum atomic E-state index is -0.0387. The molecule has 2 rings (SSSR count). The molecule has 0 spiro atoms. The maximum absolute atomic E-state index is 12.0. The van der Waals surface area contributed by atoms with Gasteiger partial charge in [-0.1, -0.05) is 37.8 Å². The summed E-state index contributed by atoms with van der Waals surface area (Å²) in [6.07, 6.45) is 11.6. The summed E-state index contributed by atoms with van der Waals surface area (Å²) in [6, 6.07) is 0.376. The highest BCUT2D eigenvalue weighted by atomic mass is 16.2. The van der Waals surface area contributed by atoms with Gasteiger partial charge in [0.15, 0.2) is 0 Å². The first-order valence-corrected chi connectivity index (χ1v) is 6.44. The quantitative estimate of drug-likeness (QED) is 0.569. The lowest BCUT2D eigenvalue weighted by atomic mass is 10.1. The van der Waals surface area contributed by atoms with Crippen LogP contribution in [0.1, 0.15) is 38.5 Å². The molecule has 3 heteroatoms. The molecule has 0 aromatic rings. The number of hydrogen-bond acceptors (Lipinski definition) is 2. The molecule has 0 bridgehead atoms. The fraction of sp³-hybridized carbons (Fsp3) is 0.769. The topological polar surface area (TPSA) is 32.3 Å². The van der Waals surface area contributed by atoms with Crippen molar-refractivity contribution in [3.8, 4) is 0 Å². The molecule has 0 aromatic carbocycles. The second-order valence-electron chi connectivity index (χ2n) is 5.01. The van der Waals surface area contributed by atoms with Crippen LogP contribution < -0.4 is 5.32 Å². The monoisotopic (exact) mass is 222 g/mol. The fourth-order valence-electron chi connectivity index (χ4n) is 2.61. The largest absolute Gasteiger partial charge is 0.352 e. The van der Waals surface area contributed by atoms with Crippen LogP contribution in [0, 0.1) is 0 Å². The Kier molecular flexibility index (Phi) is 3.99. The molecule has 16 heavy (non-hydrogen) atoms. The van der Waals surface area contributed by atoms with E-state index in [9.17, 15) is 4.79 Å². The predicted molar refractivity (Wildman–Crippen MR) is 65.2 cm³/mol. The third-order valence-corrected chi connectivity index (χ3v) is 3.66. The number of hydrogen-bond donors (Lipinski definition) is 1. The summed E-state index contributed by atoms with van der Waals surface area (Å²) in [5.74, 6) is 0.183. The molecule has 1 amide bonds. The zero-order valence-electron chi connectivity index (χ0n) is 10.1. The van der Waals surface area contributed by atoms with E-state index in [1.54, 1.807) is 0 Å². The Morgan fingerprint density at radius 1 is 1.25 bits per heavy atom. The molecule has 0 unspecified atom stereocenters. The van der Waals surface area contributed by atoms with E-state index in [4.69, 9.17) is 0 Å². The van der Waals surface area contributed by atoms with E-state index in [2.05, 4.69) is 16.3 Å². The van der Waals surface area contributed by atoms with Gasteiger partial charge in [-0.25, -0.2) is 0 Å². The summed E-state index contributed by atoms with van der Waals surface area (Å²) >= 11 is 0. The molecule has 1 N–H and O–H groups in total. The lowest BCUT2D eigenvalue weighted by Crippen LogP contribution is -2.45. The maximum Gasteiger partial charge on any atom is 0.241 e. The van der Waals surface area contributed by atoms with Crippen LogP contribution in [0.5, 0.6) is 0 Å². The van der Waals surface area contributed by atoms with Gasteiger partial charge in [0.2, 0.25) is 5.91 Å². The molecular weight excluding hydrogens is 200 g/mol. The second kappa shape index (κ2) is 5.48. The summed E-state index contributed by atoms with van der Waals surface area (Å²) in [6.45, 7) is 0.892. The number of carbonyl (C=O) groups excluding carboxylic acids is 1. The van der Waals surface area contributed by atoms with Crippen molar-refractivity contribution in [2.24, 2.45) is 0 Å². The molecule has 2 aliphatic rings. The molecule has 1 aliphatic heterocycles. The van der Waals surface area contributed by atoms with Crippen LogP contribution in [-0.2, 0) is 4.79 Å². The van der Waals surface area contributed by atoms with Crippen molar-refractivity contribution < 1.29 is 4.79 Å². The summed E-state index contributed by atoms with van der Waals surface area (Å²) < 4.78 is 0. The molecule has 1 aliphatic carbocycles. The molecule has 1 fully saturated rings. The van der Waals surface area contributed by atoms with Gasteiger partial charge in [0.05, 0.1) is 0 Å². The average molecular weight is 222 g/mol. The molecule has 0 aromatic heterocycles. The molecule has 3 nitrogen and oxygen atoms in total. The molecule has 90 valence electrons. The highest BCUT2D eigenvalue weighted by molar-refractivity contribution is 5.84. The Hall–Kier alpha value is -0.830. The zero-order valence-corrected chi connectivity index (χ0v) is 10.1. The lowest BCUT2D eigenvalue weighted by molar-refractivity contribution is -0.124. The third kappa shape index (κ3) is 2.85. The van der Waals surface area contributed by atoms with Gasteiger partial charge in [0.25, 0.3) is 0 Å². The van der Waals surface area contributed by atoms with Gasteiger partial charge in [-0.3, -0.25) is 9.69 Å². The number of carbonyl (C=O) groups is 1. The van der Waals surface area contributed by atoms with Gasteiger partial charge < -0.3 is 5.32 Å². The SMILES string of the molecule is CN1CC=C[C@H]1C(=O)NC1CCCCCC1. The van der Waals surface area contributed by atoms with Crippen molar-refractivity contribution >= 4 is 5.91 Å². The first-order chi connectivity index (χ1) is 7.77. The van der Waals surface area contributed by atoms with Crippen LogP contribution in [0.2, 0.25) is 0 Å². The van der Waals surface area contributed by atoms with Crippen LogP contribution in [0.4, 0.5) is 0 Å². The van der Waals surface area contributed by atoms with Gasteiger partial charge in [0.1, 0.15) is 6.04 Å². The molecule has 1 heterocycles. The number of rotatable bonds is 2. The molecule has 1 atom stereocenters. The Bertz CT molecular complexity index is 267. The van der Waals surface area contributed by atoms with E-state index in [1.807, 2.05) is 13.1 Å². The smallest absolute Gasteiger partial charge is 0.241 e. The van der Waals surface area contributed by atoms with Gasteiger partial charge in [-0.15, -0.1) is 0 Å². The van der Waals surface area contributed by atoms with Gasteiger partial charge >= 0.3 is 0 Å². The van der Waals surface area contributed by atoms with Crippen molar-refractivity contribution in [3.05, 3.63) is 12.2 Å². The van der Waals surface area contributed by atoms with Crippen LogP contribution in [-0.4, -0.2) is 36.5 Å². The van der Waals surface area contributed by atoms with Crippen molar-refractivity contribution in [1.82, 2.24) is 10.2 Å². The van der Waals surface area contributed by atoms with Crippen LogP contribution in [0.25, 0.3) is 0 Å². The van der Waals surface area contributed by atoms with Crippen molar-refractivity contribution in [1.29, 1.82) is 0 Å². The Morgan fingerprint density at radius 2 is 1.94 bits per heavy atom. The third-order valence-electron chi connectivity index (χ3n) is 3.66. The molecular formula is C13H22N2O. The van der Waals surface area contributed by atoms with Crippen molar-refractivity contribution in [2.45, 2.75) is 50.6 Å². The Balaban J connectivity index is 1.83. The highest BCUT2D eigenvalue weighted by Gasteiger charge is 2.25. The van der Waals surface area contributed by atoms with Crippen LogP contribution in [0.3, 0.4) is 0 Å². The number of likely N-dealkylation sites (N-methyl/N-ethyl adjacent to an activating group) is 1. The maximum atomic E-state index is 12.0. The number of nitrogens with one attached hydrogen (secondary N) is 1. The first-order valence-electron chi connectivity index (χ1n) is 6.44. The van der Waals surface area contributed by atoms with Gasteiger partial charge in [-0.05, 0) is 19.9 Å². The average Bonchev–Trinajstić information content (AvgIpc) is 2.53. The number of nitrogens with zero attached hydrogens (tertiary/aromatic N) is 1.